The molecule has 0 atom stereocenters. The third-order valence-corrected chi connectivity index (χ3v) is 3.27. The lowest BCUT2D eigenvalue weighted by molar-refractivity contribution is 0.560. The number of aryl methyl sites for hydroxylation is 1. The molecular formula is C13H15BrFN3. The molecule has 0 aliphatic heterocycles. The maximum Gasteiger partial charge on any atom is 0.127 e. The molecule has 0 saturated carbocycles. The van der Waals surface area contributed by atoms with Crippen molar-refractivity contribution in [3.63, 3.8) is 0 Å². The van der Waals surface area contributed by atoms with Gasteiger partial charge in [0.2, 0.25) is 0 Å². The first-order valence-electron chi connectivity index (χ1n) is 5.79. The fourth-order valence-corrected chi connectivity index (χ4v) is 2.15. The summed E-state index contributed by atoms with van der Waals surface area (Å²) in [6, 6.07) is 4.97. The van der Waals surface area contributed by atoms with Gasteiger partial charge in [-0.3, -0.25) is 0 Å². The van der Waals surface area contributed by atoms with Crippen molar-refractivity contribution in [2.75, 3.05) is 6.54 Å². The molecule has 0 saturated heterocycles. The zero-order chi connectivity index (χ0) is 13.0. The molecule has 0 bridgehead atoms. The summed E-state index contributed by atoms with van der Waals surface area (Å²) in [5, 5.41) is 3.23. The van der Waals surface area contributed by atoms with Crippen LogP contribution in [0, 0.1) is 12.7 Å². The lowest BCUT2D eigenvalue weighted by Gasteiger charge is -2.08. The Morgan fingerprint density at radius 1 is 1.44 bits per heavy atom. The summed E-state index contributed by atoms with van der Waals surface area (Å²) in [5.41, 5.74) is 0.673. The van der Waals surface area contributed by atoms with Crippen molar-refractivity contribution < 1.29 is 4.39 Å². The number of nitrogens with zero attached hydrogens (tertiary/aromatic N) is 2. The summed E-state index contributed by atoms with van der Waals surface area (Å²) in [6.07, 6.45) is 3.72. The van der Waals surface area contributed by atoms with Crippen molar-refractivity contribution in [1.29, 1.82) is 0 Å². The molecular weight excluding hydrogens is 297 g/mol. The van der Waals surface area contributed by atoms with Crippen LogP contribution in [-0.2, 0) is 13.1 Å². The molecule has 5 heteroatoms. The molecule has 0 aliphatic carbocycles. The highest BCUT2D eigenvalue weighted by Gasteiger charge is 2.02. The van der Waals surface area contributed by atoms with E-state index in [1.807, 2.05) is 13.1 Å². The predicted octanol–water partition coefficient (Wildman–Crippen LogP) is 2.88. The maximum absolute atomic E-state index is 13.5. The molecule has 0 amide bonds. The van der Waals surface area contributed by atoms with E-state index >= 15 is 0 Å². The third-order valence-electron chi connectivity index (χ3n) is 2.78. The van der Waals surface area contributed by atoms with Gasteiger partial charge in [-0.05, 0) is 25.1 Å². The maximum atomic E-state index is 13.5. The van der Waals surface area contributed by atoms with Gasteiger partial charge in [0, 0.05) is 42.1 Å². The van der Waals surface area contributed by atoms with E-state index in [2.05, 4.69) is 30.8 Å². The quantitative estimate of drug-likeness (QED) is 0.861. The van der Waals surface area contributed by atoms with E-state index in [9.17, 15) is 4.39 Å². The van der Waals surface area contributed by atoms with Crippen LogP contribution in [0.1, 0.15) is 11.4 Å². The molecule has 1 aromatic carbocycles. The van der Waals surface area contributed by atoms with Crippen LogP contribution in [-0.4, -0.2) is 16.1 Å². The van der Waals surface area contributed by atoms with Gasteiger partial charge in [0.15, 0.2) is 0 Å². The Morgan fingerprint density at radius 3 is 3.00 bits per heavy atom. The van der Waals surface area contributed by atoms with Crippen molar-refractivity contribution >= 4 is 15.9 Å². The lowest BCUT2D eigenvalue weighted by Crippen LogP contribution is -2.20. The van der Waals surface area contributed by atoms with Gasteiger partial charge in [-0.25, -0.2) is 9.37 Å². The Hall–Kier alpha value is -1.20. The van der Waals surface area contributed by atoms with Gasteiger partial charge < -0.3 is 9.88 Å². The van der Waals surface area contributed by atoms with Gasteiger partial charge in [-0.2, -0.15) is 0 Å². The van der Waals surface area contributed by atoms with Gasteiger partial charge in [0.25, 0.3) is 0 Å². The second-order valence-corrected chi connectivity index (χ2v) is 5.00. The number of aromatic nitrogens is 2. The number of hydrogen-bond acceptors (Lipinski definition) is 2. The Labute approximate surface area is 114 Å². The molecule has 2 rings (SSSR count). The summed E-state index contributed by atoms with van der Waals surface area (Å²) in [6.45, 7) is 4.11. The van der Waals surface area contributed by atoms with E-state index in [1.54, 1.807) is 18.3 Å². The van der Waals surface area contributed by atoms with Gasteiger partial charge in [0.05, 0.1) is 0 Å². The van der Waals surface area contributed by atoms with Crippen molar-refractivity contribution in [1.82, 2.24) is 14.9 Å². The molecule has 2 aromatic rings. The number of hydrogen-bond donors (Lipinski definition) is 1. The van der Waals surface area contributed by atoms with E-state index in [4.69, 9.17) is 0 Å². The van der Waals surface area contributed by atoms with Crippen LogP contribution in [0.3, 0.4) is 0 Å². The number of nitrogens with one attached hydrogen (secondary N) is 1. The number of halogens is 2. The van der Waals surface area contributed by atoms with Gasteiger partial charge >= 0.3 is 0 Å². The Bertz CT molecular complexity index is 525. The van der Waals surface area contributed by atoms with Crippen molar-refractivity contribution in [2.24, 2.45) is 0 Å². The summed E-state index contributed by atoms with van der Waals surface area (Å²) in [4.78, 5) is 4.15. The van der Waals surface area contributed by atoms with Crippen LogP contribution in [0.4, 0.5) is 4.39 Å². The Morgan fingerprint density at radius 2 is 2.28 bits per heavy atom. The number of rotatable bonds is 5. The highest BCUT2D eigenvalue weighted by atomic mass is 79.9. The van der Waals surface area contributed by atoms with Crippen LogP contribution in [0.2, 0.25) is 0 Å². The van der Waals surface area contributed by atoms with E-state index in [-0.39, 0.29) is 5.82 Å². The lowest BCUT2D eigenvalue weighted by atomic mass is 10.2. The van der Waals surface area contributed by atoms with Gasteiger partial charge in [-0.1, -0.05) is 15.9 Å². The number of benzene rings is 1. The first-order chi connectivity index (χ1) is 8.66. The Balaban J connectivity index is 1.82. The molecule has 0 unspecified atom stereocenters. The first kappa shape index (κ1) is 13.2. The monoisotopic (exact) mass is 311 g/mol. The van der Waals surface area contributed by atoms with Crippen LogP contribution >= 0.6 is 15.9 Å². The predicted molar refractivity (Wildman–Crippen MR) is 72.8 cm³/mol. The number of imidazole rings is 1. The standard InChI is InChI=1S/C13H15BrFN3/c1-10-17-5-7-18(10)6-4-16-9-11-8-12(14)2-3-13(11)15/h2-3,5,7-8,16H,4,6,9H2,1H3. The summed E-state index contributed by atoms with van der Waals surface area (Å²) >= 11 is 3.34. The zero-order valence-corrected chi connectivity index (χ0v) is 11.7. The van der Waals surface area contributed by atoms with Crippen LogP contribution in [0.5, 0.6) is 0 Å². The van der Waals surface area contributed by atoms with Crippen LogP contribution in [0.25, 0.3) is 0 Å². The van der Waals surface area contributed by atoms with Crippen LogP contribution < -0.4 is 5.32 Å². The average Bonchev–Trinajstić information content (AvgIpc) is 2.75. The first-order valence-corrected chi connectivity index (χ1v) is 6.58. The molecule has 1 heterocycles. The smallest absolute Gasteiger partial charge is 0.127 e. The van der Waals surface area contributed by atoms with Crippen molar-refractivity contribution in [2.45, 2.75) is 20.0 Å². The molecule has 18 heavy (non-hydrogen) atoms. The average molecular weight is 312 g/mol. The van der Waals surface area contributed by atoms with E-state index in [1.165, 1.54) is 6.07 Å². The third kappa shape index (κ3) is 3.40. The molecule has 1 aromatic heterocycles. The second kappa shape index (κ2) is 6.11. The molecule has 0 fully saturated rings. The zero-order valence-electron chi connectivity index (χ0n) is 10.2. The van der Waals surface area contributed by atoms with E-state index < -0.39 is 0 Å². The highest BCUT2D eigenvalue weighted by molar-refractivity contribution is 9.10. The molecule has 0 spiro atoms. The minimum atomic E-state index is -0.176. The molecule has 0 aliphatic rings. The van der Waals surface area contributed by atoms with Gasteiger partial charge in [-0.15, -0.1) is 0 Å². The molecule has 1 N–H and O–H groups in total. The summed E-state index contributed by atoms with van der Waals surface area (Å²) in [7, 11) is 0. The van der Waals surface area contributed by atoms with Crippen molar-refractivity contribution in [3.05, 3.63) is 52.3 Å². The van der Waals surface area contributed by atoms with Gasteiger partial charge in [0.1, 0.15) is 11.6 Å². The normalized spacial score (nSPS) is 10.8. The fraction of sp³-hybridized carbons (Fsp3) is 0.308. The highest BCUT2D eigenvalue weighted by Crippen LogP contribution is 2.15. The van der Waals surface area contributed by atoms with E-state index in [0.717, 1.165) is 23.4 Å². The summed E-state index contributed by atoms with van der Waals surface area (Å²) in [5.74, 6) is 0.815. The minimum Gasteiger partial charge on any atom is -0.334 e. The largest absolute Gasteiger partial charge is 0.334 e. The minimum absolute atomic E-state index is 0.176. The fourth-order valence-electron chi connectivity index (χ4n) is 1.74. The SMILES string of the molecule is Cc1nccn1CCNCc1cc(Br)ccc1F. The molecule has 3 nitrogen and oxygen atoms in total. The second-order valence-electron chi connectivity index (χ2n) is 4.08. The van der Waals surface area contributed by atoms with Crippen LogP contribution in [0.15, 0.2) is 35.1 Å². The van der Waals surface area contributed by atoms with E-state index in [0.29, 0.717) is 12.1 Å². The topological polar surface area (TPSA) is 29.9 Å². The van der Waals surface area contributed by atoms with Crippen molar-refractivity contribution in [3.8, 4) is 0 Å². The Kier molecular flexibility index (Phi) is 4.49. The summed E-state index contributed by atoms with van der Waals surface area (Å²) < 4.78 is 16.4. The molecule has 0 radical (unpaired) electrons. The molecule has 96 valence electrons.